The predicted molar refractivity (Wildman–Crippen MR) is 392 cm³/mol. The molecule has 7 atom stereocenters. The van der Waals surface area contributed by atoms with Gasteiger partial charge in [0.2, 0.25) is 5.91 Å². The van der Waals surface area contributed by atoms with Gasteiger partial charge in [0, 0.05) is 6.42 Å². The number of amides is 1. The van der Waals surface area contributed by atoms with E-state index in [4.69, 9.17) is 9.47 Å². The van der Waals surface area contributed by atoms with Crippen molar-refractivity contribution in [3.63, 3.8) is 0 Å². The summed E-state index contributed by atoms with van der Waals surface area (Å²) >= 11 is 0. The molecule has 1 rings (SSSR count). The van der Waals surface area contributed by atoms with Crippen molar-refractivity contribution in [3.8, 4) is 0 Å². The highest BCUT2D eigenvalue weighted by Crippen LogP contribution is 2.24. The molecule has 1 aliphatic heterocycles. The van der Waals surface area contributed by atoms with Gasteiger partial charge in [-0.1, -0.05) is 375 Å². The van der Waals surface area contributed by atoms with Crippen molar-refractivity contribution in [2.75, 3.05) is 13.2 Å². The Morgan fingerprint density at radius 3 is 1.05 bits per heavy atom. The van der Waals surface area contributed by atoms with Gasteiger partial charge in [-0.25, -0.2) is 0 Å². The van der Waals surface area contributed by atoms with E-state index in [1.54, 1.807) is 6.08 Å². The summed E-state index contributed by atoms with van der Waals surface area (Å²) < 4.78 is 11.3. The Bertz CT molecular complexity index is 1720. The SMILES string of the molecule is CC/C=C\C/C=C\C/C=C\C/C=C\C/C=C\CCCCCCCCCCCCCCCCCCCCCCCCCCCC(=O)NC(COC1OC(CO)C(O)C(O)C1O)C(O)/C=C/CC/C=C/CCCCCCCCCCCCCCCCCCCCCCC. The fraction of sp³-hybridized carbons (Fsp3) is 0.817. The second-order valence-electron chi connectivity index (χ2n) is 27.1. The van der Waals surface area contributed by atoms with Crippen LogP contribution in [-0.2, 0) is 14.3 Å². The molecule has 0 spiro atoms. The third kappa shape index (κ3) is 58.5. The van der Waals surface area contributed by atoms with Crippen molar-refractivity contribution in [1.29, 1.82) is 0 Å². The summed E-state index contributed by atoms with van der Waals surface area (Å²) in [6.45, 7) is 3.70. The fourth-order valence-electron chi connectivity index (χ4n) is 12.4. The van der Waals surface area contributed by atoms with E-state index in [0.717, 1.165) is 70.6 Å². The molecule has 6 N–H and O–H groups in total. The third-order valence-electron chi connectivity index (χ3n) is 18.5. The molecular weight excluding hydrogens is 1130 g/mol. The summed E-state index contributed by atoms with van der Waals surface area (Å²) in [5.41, 5.74) is 0. The van der Waals surface area contributed by atoms with E-state index in [-0.39, 0.29) is 12.5 Å². The maximum absolute atomic E-state index is 13.2. The molecule has 0 aromatic rings. The molecule has 0 saturated carbocycles. The van der Waals surface area contributed by atoms with Crippen LogP contribution in [0.3, 0.4) is 0 Å². The average Bonchev–Trinajstić information content (AvgIpc) is 1.58. The summed E-state index contributed by atoms with van der Waals surface area (Å²) in [6, 6.07) is -0.825. The fourth-order valence-corrected chi connectivity index (χ4v) is 12.4. The molecule has 0 aromatic carbocycles. The van der Waals surface area contributed by atoms with Gasteiger partial charge in [0.05, 0.1) is 25.4 Å². The molecule has 1 saturated heterocycles. The summed E-state index contributed by atoms with van der Waals surface area (Å²) in [6.07, 6.45) is 94.5. The van der Waals surface area contributed by atoms with E-state index in [1.807, 2.05) is 6.08 Å². The number of aliphatic hydroxyl groups excluding tert-OH is 5. The highest BCUT2D eigenvalue weighted by molar-refractivity contribution is 5.76. The summed E-state index contributed by atoms with van der Waals surface area (Å²) in [5, 5.41) is 54.9. The Morgan fingerprint density at radius 2 is 0.692 bits per heavy atom. The monoisotopic (exact) mass is 1280 g/mol. The molecular formula is C82H149NO8. The molecule has 7 unspecified atom stereocenters. The molecule has 0 bridgehead atoms. The first kappa shape index (κ1) is 86.4. The number of unbranched alkanes of at least 4 members (excludes halogenated alkanes) is 47. The van der Waals surface area contributed by atoms with Gasteiger partial charge in [0.25, 0.3) is 0 Å². The van der Waals surface area contributed by atoms with Crippen molar-refractivity contribution in [2.24, 2.45) is 0 Å². The Kier molecular flexibility index (Phi) is 66.6. The molecule has 91 heavy (non-hydrogen) atoms. The van der Waals surface area contributed by atoms with Crippen LogP contribution in [0.4, 0.5) is 0 Å². The number of ether oxygens (including phenoxy) is 2. The number of hydrogen-bond donors (Lipinski definition) is 6. The van der Waals surface area contributed by atoms with E-state index >= 15 is 0 Å². The Labute approximate surface area is 562 Å². The zero-order valence-corrected chi connectivity index (χ0v) is 59.6. The molecule has 9 nitrogen and oxygen atoms in total. The van der Waals surface area contributed by atoms with Gasteiger partial charge in [-0.15, -0.1) is 0 Å². The number of allylic oxidation sites excluding steroid dienone is 13. The Morgan fingerprint density at radius 1 is 0.385 bits per heavy atom. The van der Waals surface area contributed by atoms with Gasteiger partial charge in [0.15, 0.2) is 6.29 Å². The standard InChI is InChI=1S/C82H149NO8/c1-3-5-7-9-11-13-15-17-19-21-23-25-27-29-31-32-33-34-35-36-37-38-39-40-41-42-43-44-46-48-50-52-54-56-58-60-62-64-66-68-70-72-78(86)83-75(74-90-82-81(89)80(88)79(87)77(73-84)91-82)76(85)71-69-67-65-63-61-59-57-55-53-51-49-47-45-30-28-26-24-22-20-18-16-14-12-10-8-6-4-2/h5,7,11,13,17,19,23,25,29,31,61,63,69,71,75-77,79-82,84-85,87-89H,3-4,6,8-10,12,14-16,18,20-22,24,26-28,30,32-60,62,64-68,70,72-74H2,1-2H3,(H,83,86)/b7-5-,13-11-,19-17-,25-23-,31-29-,63-61+,71-69+. The van der Waals surface area contributed by atoms with Crippen LogP contribution in [0, 0.1) is 0 Å². The minimum atomic E-state index is -1.57. The van der Waals surface area contributed by atoms with Crippen molar-refractivity contribution < 1.29 is 39.8 Å². The largest absolute Gasteiger partial charge is 0.394 e. The van der Waals surface area contributed by atoms with Crippen LogP contribution in [0.15, 0.2) is 85.1 Å². The normalized spacial score (nSPS) is 18.2. The van der Waals surface area contributed by atoms with Gasteiger partial charge in [0.1, 0.15) is 24.4 Å². The molecule has 1 fully saturated rings. The lowest BCUT2D eigenvalue weighted by molar-refractivity contribution is -0.302. The van der Waals surface area contributed by atoms with Gasteiger partial charge < -0.3 is 40.3 Å². The third-order valence-corrected chi connectivity index (χ3v) is 18.5. The van der Waals surface area contributed by atoms with Crippen molar-refractivity contribution >= 4 is 5.91 Å². The summed E-state index contributed by atoms with van der Waals surface area (Å²) in [7, 11) is 0. The summed E-state index contributed by atoms with van der Waals surface area (Å²) in [5.74, 6) is -0.180. The van der Waals surface area contributed by atoms with Crippen molar-refractivity contribution in [3.05, 3.63) is 85.1 Å². The zero-order chi connectivity index (χ0) is 65.7. The first-order valence-corrected chi connectivity index (χ1v) is 39.3. The van der Waals surface area contributed by atoms with Crippen LogP contribution in [0.5, 0.6) is 0 Å². The smallest absolute Gasteiger partial charge is 0.220 e. The first-order chi connectivity index (χ1) is 44.8. The minimum Gasteiger partial charge on any atom is -0.394 e. The lowest BCUT2D eigenvalue weighted by Gasteiger charge is -2.40. The van der Waals surface area contributed by atoms with E-state index in [1.165, 1.54) is 283 Å². The quantitative estimate of drug-likeness (QED) is 0.0261. The Balaban J connectivity index is 2.06. The maximum atomic E-state index is 13.2. The van der Waals surface area contributed by atoms with E-state index in [9.17, 15) is 30.3 Å². The predicted octanol–water partition coefficient (Wildman–Crippen LogP) is 22.4. The van der Waals surface area contributed by atoms with Crippen molar-refractivity contribution in [2.45, 2.75) is 416 Å². The molecule has 1 amide bonds. The molecule has 1 aliphatic rings. The second kappa shape index (κ2) is 70.2. The van der Waals surface area contributed by atoms with Gasteiger partial charge in [-0.05, 0) is 77.0 Å². The average molecular weight is 1280 g/mol. The first-order valence-electron chi connectivity index (χ1n) is 39.3. The van der Waals surface area contributed by atoms with Crippen molar-refractivity contribution in [1.82, 2.24) is 5.32 Å². The molecule has 1 heterocycles. The molecule has 0 radical (unpaired) electrons. The number of rotatable bonds is 69. The molecule has 0 aliphatic carbocycles. The Hall–Kier alpha value is -2.63. The van der Waals surface area contributed by atoms with Crippen LogP contribution < -0.4 is 5.32 Å². The summed E-state index contributed by atoms with van der Waals surface area (Å²) in [4.78, 5) is 13.2. The number of carbonyl (C=O) groups excluding carboxylic acids is 1. The lowest BCUT2D eigenvalue weighted by Crippen LogP contribution is -2.60. The van der Waals surface area contributed by atoms with Crippen LogP contribution >= 0.6 is 0 Å². The van der Waals surface area contributed by atoms with Crippen LogP contribution in [0.1, 0.15) is 373 Å². The number of carbonyl (C=O) groups is 1. The van der Waals surface area contributed by atoms with Crippen LogP contribution in [-0.4, -0.2) is 87.5 Å². The number of aliphatic hydroxyl groups is 5. The molecule has 0 aromatic heterocycles. The van der Waals surface area contributed by atoms with Gasteiger partial charge in [-0.3, -0.25) is 4.79 Å². The van der Waals surface area contributed by atoms with E-state index in [2.05, 4.69) is 92.1 Å². The van der Waals surface area contributed by atoms with Crippen LogP contribution in [0.25, 0.3) is 0 Å². The van der Waals surface area contributed by atoms with Crippen LogP contribution in [0.2, 0.25) is 0 Å². The number of nitrogens with one attached hydrogen (secondary N) is 1. The lowest BCUT2D eigenvalue weighted by atomic mass is 9.99. The second-order valence-corrected chi connectivity index (χ2v) is 27.1. The maximum Gasteiger partial charge on any atom is 0.220 e. The van der Waals surface area contributed by atoms with Gasteiger partial charge >= 0.3 is 0 Å². The highest BCUT2D eigenvalue weighted by atomic mass is 16.7. The molecule has 9 heteroatoms. The molecule has 530 valence electrons. The van der Waals surface area contributed by atoms with E-state index < -0.39 is 49.5 Å². The topological polar surface area (TPSA) is 149 Å². The highest BCUT2D eigenvalue weighted by Gasteiger charge is 2.44. The van der Waals surface area contributed by atoms with E-state index in [0.29, 0.717) is 6.42 Å². The minimum absolute atomic E-state index is 0.180. The van der Waals surface area contributed by atoms with Gasteiger partial charge in [-0.2, -0.15) is 0 Å². The number of hydrogen-bond acceptors (Lipinski definition) is 8. The zero-order valence-electron chi connectivity index (χ0n) is 59.6.